The highest BCUT2D eigenvalue weighted by Gasteiger charge is 2.05. The number of aromatic nitrogens is 2. The van der Waals surface area contributed by atoms with Gasteiger partial charge in [-0.1, -0.05) is 24.3 Å². The maximum atomic E-state index is 10.6. The fourth-order valence-electron chi connectivity index (χ4n) is 2.01. The van der Waals surface area contributed by atoms with Gasteiger partial charge in [0.2, 0.25) is 0 Å². The smallest absolute Gasteiger partial charge is 0.317 e. The highest BCUT2D eigenvalue weighted by molar-refractivity contribution is 5.69. The standard InChI is InChI=1S/C14H17N3O2/c1-16(11-14(18)19)9-12-4-2-5-13(8-12)10-17-7-3-6-15-17/h2-8H,9-11H2,1H3,(H,18,19). The molecule has 0 aliphatic heterocycles. The van der Waals surface area contributed by atoms with Gasteiger partial charge in [0.1, 0.15) is 0 Å². The SMILES string of the molecule is CN(CC(=O)O)Cc1cccc(Cn2cccn2)c1. The second kappa shape index (κ2) is 6.15. The normalized spacial score (nSPS) is 10.8. The Morgan fingerprint density at radius 2 is 2.16 bits per heavy atom. The summed E-state index contributed by atoms with van der Waals surface area (Å²) in [4.78, 5) is 12.4. The minimum Gasteiger partial charge on any atom is -0.480 e. The molecule has 0 amide bonds. The van der Waals surface area contributed by atoms with E-state index in [1.165, 1.54) is 0 Å². The Morgan fingerprint density at radius 1 is 1.37 bits per heavy atom. The lowest BCUT2D eigenvalue weighted by molar-refractivity contribution is -0.138. The van der Waals surface area contributed by atoms with Crippen LogP contribution < -0.4 is 0 Å². The number of benzene rings is 1. The zero-order chi connectivity index (χ0) is 13.7. The number of hydrogen-bond acceptors (Lipinski definition) is 3. The van der Waals surface area contributed by atoms with Crippen molar-refractivity contribution in [1.82, 2.24) is 14.7 Å². The number of carbonyl (C=O) groups is 1. The van der Waals surface area contributed by atoms with Gasteiger partial charge < -0.3 is 5.11 Å². The summed E-state index contributed by atoms with van der Waals surface area (Å²) in [6, 6.07) is 10.0. The number of rotatable bonds is 6. The molecule has 100 valence electrons. The van der Waals surface area contributed by atoms with Gasteiger partial charge in [-0.2, -0.15) is 5.10 Å². The van der Waals surface area contributed by atoms with E-state index in [1.54, 1.807) is 18.1 Å². The van der Waals surface area contributed by atoms with Crippen LogP contribution in [0.4, 0.5) is 0 Å². The molecule has 5 nitrogen and oxygen atoms in total. The third-order valence-corrected chi connectivity index (χ3v) is 2.75. The molecule has 0 saturated heterocycles. The van der Waals surface area contributed by atoms with E-state index in [0.717, 1.165) is 17.7 Å². The Kier molecular flexibility index (Phi) is 4.30. The fourth-order valence-corrected chi connectivity index (χ4v) is 2.01. The van der Waals surface area contributed by atoms with Gasteiger partial charge in [-0.3, -0.25) is 14.4 Å². The highest BCUT2D eigenvalue weighted by Crippen LogP contribution is 2.09. The van der Waals surface area contributed by atoms with Gasteiger partial charge in [-0.25, -0.2) is 0 Å². The van der Waals surface area contributed by atoms with E-state index in [9.17, 15) is 4.79 Å². The Morgan fingerprint density at radius 3 is 2.84 bits per heavy atom. The average Bonchev–Trinajstić information content (AvgIpc) is 2.81. The topological polar surface area (TPSA) is 58.4 Å². The molecule has 1 aromatic carbocycles. The van der Waals surface area contributed by atoms with Crippen molar-refractivity contribution in [2.24, 2.45) is 0 Å². The van der Waals surface area contributed by atoms with Crippen LogP contribution >= 0.6 is 0 Å². The van der Waals surface area contributed by atoms with Crippen molar-refractivity contribution in [3.63, 3.8) is 0 Å². The second-order valence-electron chi connectivity index (χ2n) is 4.59. The minimum atomic E-state index is -0.810. The van der Waals surface area contributed by atoms with Crippen LogP contribution in [0.3, 0.4) is 0 Å². The van der Waals surface area contributed by atoms with Gasteiger partial charge in [0.15, 0.2) is 0 Å². The van der Waals surface area contributed by atoms with Gasteiger partial charge in [-0.15, -0.1) is 0 Å². The van der Waals surface area contributed by atoms with Crippen molar-refractivity contribution in [1.29, 1.82) is 0 Å². The first kappa shape index (κ1) is 13.3. The van der Waals surface area contributed by atoms with Crippen LogP contribution in [0.2, 0.25) is 0 Å². The van der Waals surface area contributed by atoms with E-state index >= 15 is 0 Å². The molecule has 5 heteroatoms. The van der Waals surface area contributed by atoms with Crippen molar-refractivity contribution < 1.29 is 9.90 Å². The average molecular weight is 259 g/mol. The minimum absolute atomic E-state index is 0.0450. The third-order valence-electron chi connectivity index (χ3n) is 2.75. The lowest BCUT2D eigenvalue weighted by atomic mass is 10.1. The van der Waals surface area contributed by atoms with E-state index < -0.39 is 5.97 Å². The first-order valence-electron chi connectivity index (χ1n) is 6.09. The molecule has 1 aromatic heterocycles. The van der Waals surface area contributed by atoms with Crippen molar-refractivity contribution >= 4 is 5.97 Å². The van der Waals surface area contributed by atoms with E-state index in [4.69, 9.17) is 5.11 Å². The van der Waals surface area contributed by atoms with Crippen LogP contribution in [0, 0.1) is 0 Å². The Balaban J connectivity index is 2.00. The first-order chi connectivity index (χ1) is 9.13. The van der Waals surface area contributed by atoms with Crippen LogP contribution in [0.5, 0.6) is 0 Å². The van der Waals surface area contributed by atoms with Crippen LogP contribution in [-0.4, -0.2) is 39.3 Å². The first-order valence-corrected chi connectivity index (χ1v) is 6.09. The molecule has 0 spiro atoms. The summed E-state index contributed by atoms with van der Waals surface area (Å²) < 4.78 is 1.86. The molecule has 1 heterocycles. The van der Waals surface area contributed by atoms with E-state index in [1.807, 2.05) is 35.1 Å². The number of likely N-dealkylation sites (N-methyl/N-ethyl adjacent to an activating group) is 1. The van der Waals surface area contributed by atoms with Crippen LogP contribution in [0.15, 0.2) is 42.7 Å². The Bertz CT molecular complexity index is 537. The summed E-state index contributed by atoms with van der Waals surface area (Å²) in [6.07, 6.45) is 3.67. The monoisotopic (exact) mass is 259 g/mol. The highest BCUT2D eigenvalue weighted by atomic mass is 16.4. The van der Waals surface area contributed by atoms with Crippen LogP contribution in [0.1, 0.15) is 11.1 Å². The predicted molar refractivity (Wildman–Crippen MR) is 71.7 cm³/mol. The van der Waals surface area contributed by atoms with Crippen molar-refractivity contribution in [3.8, 4) is 0 Å². The lowest BCUT2D eigenvalue weighted by Crippen LogP contribution is -2.25. The number of aliphatic carboxylic acids is 1. The van der Waals surface area contributed by atoms with Crippen molar-refractivity contribution in [3.05, 3.63) is 53.9 Å². The third kappa shape index (κ3) is 4.22. The van der Waals surface area contributed by atoms with Gasteiger partial charge in [0.05, 0.1) is 13.1 Å². The molecule has 0 fully saturated rings. The molecular formula is C14H17N3O2. The van der Waals surface area contributed by atoms with Crippen LogP contribution in [-0.2, 0) is 17.9 Å². The molecule has 19 heavy (non-hydrogen) atoms. The summed E-state index contributed by atoms with van der Waals surface area (Å²) in [5.41, 5.74) is 2.26. The van der Waals surface area contributed by atoms with Gasteiger partial charge in [0.25, 0.3) is 0 Å². The maximum absolute atomic E-state index is 10.6. The molecule has 2 aromatic rings. The summed E-state index contributed by atoms with van der Waals surface area (Å²) >= 11 is 0. The predicted octanol–water partition coefficient (Wildman–Crippen LogP) is 1.45. The Labute approximate surface area is 112 Å². The van der Waals surface area contributed by atoms with E-state index in [2.05, 4.69) is 11.2 Å². The number of nitrogens with zero attached hydrogens (tertiary/aromatic N) is 3. The molecular weight excluding hydrogens is 242 g/mol. The van der Waals surface area contributed by atoms with Crippen molar-refractivity contribution in [2.75, 3.05) is 13.6 Å². The molecule has 1 N–H and O–H groups in total. The summed E-state index contributed by atoms with van der Waals surface area (Å²) in [7, 11) is 1.80. The zero-order valence-corrected chi connectivity index (χ0v) is 10.9. The molecule has 0 radical (unpaired) electrons. The number of hydrogen-bond donors (Lipinski definition) is 1. The van der Waals surface area contributed by atoms with Gasteiger partial charge in [0, 0.05) is 18.9 Å². The fraction of sp³-hybridized carbons (Fsp3) is 0.286. The lowest BCUT2D eigenvalue weighted by Gasteiger charge is -2.14. The quantitative estimate of drug-likeness (QED) is 0.853. The van der Waals surface area contributed by atoms with Crippen LogP contribution in [0.25, 0.3) is 0 Å². The summed E-state index contributed by atoms with van der Waals surface area (Å²) in [5, 5.41) is 12.9. The van der Waals surface area contributed by atoms with Gasteiger partial charge in [-0.05, 0) is 24.2 Å². The second-order valence-corrected chi connectivity index (χ2v) is 4.59. The molecule has 0 bridgehead atoms. The summed E-state index contributed by atoms with van der Waals surface area (Å²) in [6.45, 7) is 1.39. The molecule has 0 aliphatic carbocycles. The van der Waals surface area contributed by atoms with E-state index in [0.29, 0.717) is 6.54 Å². The van der Waals surface area contributed by atoms with Crippen molar-refractivity contribution in [2.45, 2.75) is 13.1 Å². The maximum Gasteiger partial charge on any atom is 0.317 e. The molecule has 0 atom stereocenters. The largest absolute Gasteiger partial charge is 0.480 e. The Hall–Kier alpha value is -2.14. The zero-order valence-electron chi connectivity index (χ0n) is 10.9. The molecule has 2 rings (SSSR count). The molecule has 0 unspecified atom stereocenters. The van der Waals surface area contributed by atoms with E-state index in [-0.39, 0.29) is 6.54 Å². The number of carboxylic acid groups (broad SMARTS) is 1. The molecule has 0 aliphatic rings. The summed E-state index contributed by atoms with van der Waals surface area (Å²) in [5.74, 6) is -0.810. The number of carboxylic acids is 1. The van der Waals surface area contributed by atoms with Gasteiger partial charge >= 0.3 is 5.97 Å². The molecule has 0 saturated carbocycles.